The number of nitrogens with one attached hydrogen (secondary N) is 2. The minimum absolute atomic E-state index is 0.0986. The van der Waals surface area contributed by atoms with Gasteiger partial charge in [0.05, 0.1) is 24.7 Å². The van der Waals surface area contributed by atoms with Crippen LogP contribution in [0, 0.1) is 5.82 Å². The largest absolute Gasteiger partial charge is 0.383 e. The first-order valence-corrected chi connectivity index (χ1v) is 8.87. The molecule has 0 unspecified atom stereocenters. The summed E-state index contributed by atoms with van der Waals surface area (Å²) in [5, 5.41) is 5.29. The van der Waals surface area contributed by atoms with Crippen LogP contribution in [0.1, 0.15) is 17.9 Å². The second kappa shape index (κ2) is 7.39. The van der Waals surface area contributed by atoms with Crippen LogP contribution in [0.5, 0.6) is 0 Å². The second-order valence-corrected chi connectivity index (χ2v) is 6.58. The van der Waals surface area contributed by atoms with Gasteiger partial charge in [0.25, 0.3) is 0 Å². The molecule has 1 saturated heterocycles. The fourth-order valence-electron chi connectivity index (χ4n) is 3.31. The van der Waals surface area contributed by atoms with Gasteiger partial charge in [-0.1, -0.05) is 6.07 Å². The van der Waals surface area contributed by atoms with Crippen molar-refractivity contribution in [1.29, 1.82) is 0 Å². The number of nitrogens with zero attached hydrogens (tertiary/aromatic N) is 3. The zero-order valence-electron chi connectivity index (χ0n) is 14.9. The lowest BCUT2D eigenvalue weighted by Crippen LogP contribution is -2.38. The Morgan fingerprint density at radius 3 is 2.86 bits per heavy atom. The third-order valence-electron chi connectivity index (χ3n) is 4.66. The van der Waals surface area contributed by atoms with Gasteiger partial charge in [-0.05, 0) is 18.2 Å². The molecule has 0 aliphatic carbocycles. The lowest BCUT2D eigenvalue weighted by molar-refractivity contribution is -0.123. The number of benzene rings is 1. The van der Waals surface area contributed by atoms with E-state index in [9.17, 15) is 14.0 Å². The summed E-state index contributed by atoms with van der Waals surface area (Å²) in [6, 6.07) is 5.52. The molecule has 2 aromatic rings. The van der Waals surface area contributed by atoms with Gasteiger partial charge >= 0.3 is 0 Å². The van der Waals surface area contributed by atoms with Gasteiger partial charge in [-0.2, -0.15) is 9.97 Å². The van der Waals surface area contributed by atoms with E-state index in [-0.39, 0.29) is 24.0 Å². The fraction of sp³-hybridized carbons (Fsp3) is 0.333. The number of carbonyl (C=O) groups is 2. The number of carbonyl (C=O) groups excluding carboxylic acids is 2. The molecule has 4 rings (SSSR count). The number of amides is 2. The summed E-state index contributed by atoms with van der Waals surface area (Å²) in [6.07, 6.45) is -0.0986. The van der Waals surface area contributed by atoms with Crippen molar-refractivity contribution in [1.82, 2.24) is 9.97 Å². The Hall–Kier alpha value is -3.27. The molecular weight excluding hydrogens is 367 g/mol. The Labute approximate surface area is 160 Å². The quantitative estimate of drug-likeness (QED) is 0.722. The summed E-state index contributed by atoms with van der Waals surface area (Å²) < 4.78 is 18.7. The van der Waals surface area contributed by atoms with Gasteiger partial charge in [0, 0.05) is 25.2 Å². The maximum Gasteiger partial charge on any atom is 0.232 e. The van der Waals surface area contributed by atoms with Crippen LogP contribution < -0.4 is 21.3 Å². The van der Waals surface area contributed by atoms with E-state index in [0.717, 1.165) is 0 Å². The molecule has 1 atom stereocenters. The van der Waals surface area contributed by atoms with Crippen molar-refractivity contribution in [2.75, 3.05) is 47.6 Å². The summed E-state index contributed by atoms with van der Waals surface area (Å²) in [5.41, 5.74) is 6.80. The molecule has 1 aromatic carbocycles. The molecule has 28 heavy (non-hydrogen) atoms. The van der Waals surface area contributed by atoms with E-state index in [2.05, 4.69) is 20.6 Å². The molecule has 0 saturated carbocycles. The van der Waals surface area contributed by atoms with E-state index >= 15 is 0 Å². The molecule has 2 aliphatic heterocycles. The molecule has 0 spiro atoms. The maximum absolute atomic E-state index is 13.4. The minimum atomic E-state index is -0.870. The van der Waals surface area contributed by atoms with Crippen LogP contribution in [0.4, 0.5) is 27.7 Å². The first kappa shape index (κ1) is 18.1. The zero-order valence-corrected chi connectivity index (χ0v) is 14.9. The molecular formula is C18H19FN6O3. The highest BCUT2D eigenvalue weighted by molar-refractivity contribution is 6.05. The van der Waals surface area contributed by atoms with E-state index in [1.807, 2.05) is 4.90 Å². The fourth-order valence-corrected chi connectivity index (χ4v) is 3.31. The molecule has 1 aromatic heterocycles. The first-order valence-electron chi connectivity index (χ1n) is 8.87. The number of anilines is 4. The van der Waals surface area contributed by atoms with E-state index in [0.29, 0.717) is 43.5 Å². The SMILES string of the molecule is Nc1nc(N2CCOCC2)nc2c1[C@H](C(=O)Nc1cccc(F)c1)CC(=O)N2. The zero-order chi connectivity index (χ0) is 19.7. The van der Waals surface area contributed by atoms with E-state index in [4.69, 9.17) is 10.5 Å². The minimum Gasteiger partial charge on any atom is -0.383 e. The highest BCUT2D eigenvalue weighted by atomic mass is 19.1. The Morgan fingerprint density at radius 1 is 1.32 bits per heavy atom. The summed E-state index contributed by atoms with van der Waals surface area (Å²) >= 11 is 0. The molecule has 0 radical (unpaired) electrons. The number of hydrogen-bond donors (Lipinski definition) is 3. The summed E-state index contributed by atoms with van der Waals surface area (Å²) in [7, 11) is 0. The lowest BCUT2D eigenvalue weighted by atomic mass is 9.92. The topological polar surface area (TPSA) is 122 Å². The van der Waals surface area contributed by atoms with Crippen LogP contribution in [0.25, 0.3) is 0 Å². The smallest absolute Gasteiger partial charge is 0.232 e. The van der Waals surface area contributed by atoms with Crippen molar-refractivity contribution in [3.8, 4) is 0 Å². The number of aromatic nitrogens is 2. The Balaban J connectivity index is 1.64. The van der Waals surface area contributed by atoms with Gasteiger partial charge < -0.3 is 26.0 Å². The average Bonchev–Trinajstić information content (AvgIpc) is 2.67. The highest BCUT2D eigenvalue weighted by Gasteiger charge is 2.35. The number of rotatable bonds is 3. The third kappa shape index (κ3) is 3.58. The van der Waals surface area contributed by atoms with Gasteiger partial charge in [0.1, 0.15) is 17.5 Å². The first-order chi connectivity index (χ1) is 13.5. The molecule has 10 heteroatoms. The number of nitrogens with two attached hydrogens (primary N) is 1. The number of hydrogen-bond acceptors (Lipinski definition) is 7. The third-order valence-corrected chi connectivity index (χ3v) is 4.66. The number of halogens is 1. The Morgan fingerprint density at radius 2 is 2.11 bits per heavy atom. The van der Waals surface area contributed by atoms with E-state index in [1.54, 1.807) is 6.07 Å². The maximum atomic E-state index is 13.4. The van der Waals surface area contributed by atoms with Crippen LogP contribution in [0.3, 0.4) is 0 Å². The van der Waals surface area contributed by atoms with Gasteiger partial charge in [-0.3, -0.25) is 9.59 Å². The number of fused-ring (bicyclic) bond motifs is 1. The Kier molecular flexibility index (Phi) is 4.78. The number of nitrogen functional groups attached to an aromatic ring is 1. The van der Waals surface area contributed by atoms with Crippen molar-refractivity contribution in [3.63, 3.8) is 0 Å². The summed E-state index contributed by atoms with van der Waals surface area (Å²) in [6.45, 7) is 2.31. The van der Waals surface area contributed by atoms with E-state index < -0.39 is 17.6 Å². The van der Waals surface area contributed by atoms with Crippen molar-refractivity contribution in [2.45, 2.75) is 12.3 Å². The van der Waals surface area contributed by atoms with Crippen LogP contribution in [-0.4, -0.2) is 48.1 Å². The molecule has 4 N–H and O–H groups in total. The van der Waals surface area contributed by atoms with Gasteiger partial charge in [0.15, 0.2) is 0 Å². The van der Waals surface area contributed by atoms with Crippen molar-refractivity contribution < 1.29 is 18.7 Å². The van der Waals surface area contributed by atoms with Crippen LogP contribution in [-0.2, 0) is 14.3 Å². The van der Waals surface area contributed by atoms with Gasteiger partial charge in [-0.15, -0.1) is 0 Å². The average molecular weight is 386 g/mol. The number of ether oxygens (including phenoxy) is 1. The lowest BCUT2D eigenvalue weighted by Gasteiger charge is -2.30. The van der Waals surface area contributed by atoms with Crippen molar-refractivity contribution in [2.24, 2.45) is 0 Å². The molecule has 0 bridgehead atoms. The molecule has 3 heterocycles. The predicted molar refractivity (Wildman–Crippen MR) is 100 cm³/mol. The van der Waals surface area contributed by atoms with Crippen LogP contribution in [0.15, 0.2) is 24.3 Å². The summed E-state index contributed by atoms with van der Waals surface area (Å²) in [5.74, 6) is -1.43. The predicted octanol–water partition coefficient (Wildman–Crippen LogP) is 1.10. The van der Waals surface area contributed by atoms with Crippen molar-refractivity contribution in [3.05, 3.63) is 35.6 Å². The molecule has 2 aliphatic rings. The molecule has 146 valence electrons. The highest BCUT2D eigenvalue weighted by Crippen LogP contribution is 2.36. The molecule has 2 amide bonds. The monoisotopic (exact) mass is 386 g/mol. The standard InChI is InChI=1S/C18H19FN6O3/c19-10-2-1-3-11(8-10)21-17(27)12-9-13(26)22-16-14(12)15(20)23-18(24-16)25-4-6-28-7-5-25/h1-3,8,12H,4-7,9H2,(H,21,27)(H3,20,22,23,24,26)/t12-/m1/s1. The van der Waals surface area contributed by atoms with E-state index in [1.165, 1.54) is 18.2 Å². The van der Waals surface area contributed by atoms with Crippen LogP contribution >= 0.6 is 0 Å². The molecule has 1 fully saturated rings. The van der Waals surface area contributed by atoms with Gasteiger partial charge in [0.2, 0.25) is 17.8 Å². The van der Waals surface area contributed by atoms with Crippen molar-refractivity contribution >= 4 is 35.1 Å². The number of morpholine rings is 1. The Bertz CT molecular complexity index is 932. The normalized spacial score (nSPS) is 19.0. The summed E-state index contributed by atoms with van der Waals surface area (Å²) in [4.78, 5) is 35.6. The van der Waals surface area contributed by atoms with Gasteiger partial charge in [-0.25, -0.2) is 4.39 Å². The second-order valence-electron chi connectivity index (χ2n) is 6.58. The molecule has 9 nitrogen and oxygen atoms in total. The van der Waals surface area contributed by atoms with Crippen LogP contribution in [0.2, 0.25) is 0 Å².